The van der Waals surface area contributed by atoms with Crippen LogP contribution in [0.2, 0.25) is 0 Å². The van der Waals surface area contributed by atoms with Gasteiger partial charge < -0.3 is 0 Å². The monoisotopic (exact) mass is 324 g/mol. The third-order valence-corrected chi connectivity index (χ3v) is 2.74. The molecule has 0 aromatic rings. The van der Waals surface area contributed by atoms with Crippen molar-refractivity contribution in [2.24, 2.45) is 0 Å². The van der Waals surface area contributed by atoms with Crippen LogP contribution in [0.15, 0.2) is 5.57 Å². The maximum Gasteiger partial charge on any atom is 0.438 e. The fourth-order valence-corrected chi connectivity index (χ4v) is 1.23. The molecule has 0 saturated heterocycles. The number of hydrogen-bond donors (Lipinski definition) is 2. The Balaban J connectivity index is 6.16. The third-order valence-electron chi connectivity index (χ3n) is 1.83. The van der Waals surface area contributed by atoms with Crippen molar-refractivity contribution in [3.05, 3.63) is 5.57 Å². The lowest BCUT2D eigenvalue weighted by atomic mass is 10.0. The lowest BCUT2D eigenvalue weighted by Gasteiger charge is -2.29. The van der Waals surface area contributed by atoms with Gasteiger partial charge in [-0.05, 0) is 0 Å². The molecule has 0 unspecified atom stereocenters. The number of carbonyl (C=O) groups is 1. The smallest absolute Gasteiger partial charge is 0.285 e. The third kappa shape index (κ3) is 2.40. The van der Waals surface area contributed by atoms with Gasteiger partial charge in [-0.3, -0.25) is 14.8 Å². The van der Waals surface area contributed by atoms with E-state index in [0.29, 0.717) is 11.9 Å². The molecule has 0 fully saturated rings. The van der Waals surface area contributed by atoms with E-state index < -0.39 is 38.6 Å². The quantitative estimate of drug-likeness (QED) is 0.257. The molecule has 0 radical (unpaired) electrons. The van der Waals surface area contributed by atoms with Gasteiger partial charge in [0.25, 0.3) is 5.78 Å². The number of nitrogens with one attached hydrogen (secondary N) is 1. The lowest BCUT2D eigenvalue weighted by Crippen LogP contribution is -2.60. The summed E-state index contributed by atoms with van der Waals surface area (Å²) in [5.41, 5.74) is -2.04. The summed E-state index contributed by atoms with van der Waals surface area (Å²) in [5.74, 6) is -15.8. The largest absolute Gasteiger partial charge is 0.438 e. The number of nitrogens with zero attached hydrogens (tertiary/aromatic N) is 1. The van der Waals surface area contributed by atoms with Gasteiger partial charge in [0.15, 0.2) is 5.57 Å². The first kappa shape index (κ1) is 18.1. The molecular weight excluding hydrogens is 322 g/mol. The minimum Gasteiger partial charge on any atom is -0.285 e. The number of Topliss-reactive ketones (excluding diaryl/α,β-unsaturated/α-hetero) is 1. The number of ketones is 1. The molecule has 0 amide bonds. The first-order chi connectivity index (χ1) is 8.68. The molecule has 0 bridgehead atoms. The molecular formula is C7H2F6N2O4S. The van der Waals surface area contributed by atoms with E-state index >= 15 is 0 Å². The van der Waals surface area contributed by atoms with Crippen LogP contribution >= 0.6 is 0 Å². The normalized spacial score (nSPS) is 13.3. The van der Waals surface area contributed by atoms with Gasteiger partial charge in [0.05, 0.1) is 0 Å². The van der Waals surface area contributed by atoms with E-state index in [1.165, 1.54) is 0 Å². The molecule has 20 heavy (non-hydrogen) atoms. The molecule has 0 aromatic carbocycles. The average molecular weight is 324 g/mol. The predicted molar refractivity (Wildman–Crippen MR) is 48.2 cm³/mol. The fraction of sp³-hybridized carbons (Fsp3) is 0.429. The summed E-state index contributed by atoms with van der Waals surface area (Å²) in [6, 6.07) is 0.518. The number of rotatable bonds is 5. The van der Waals surface area contributed by atoms with Crippen LogP contribution in [0.5, 0.6) is 0 Å². The van der Waals surface area contributed by atoms with Crippen LogP contribution in [0.3, 0.4) is 0 Å². The minimum atomic E-state index is -6.99. The van der Waals surface area contributed by atoms with Gasteiger partial charge in [-0.15, -0.1) is 0 Å². The van der Waals surface area contributed by atoms with Crippen molar-refractivity contribution in [3.8, 4) is 6.07 Å². The van der Waals surface area contributed by atoms with Crippen LogP contribution in [-0.4, -0.2) is 41.7 Å². The van der Waals surface area contributed by atoms with Gasteiger partial charge >= 0.3 is 27.2 Å². The zero-order valence-corrected chi connectivity index (χ0v) is 9.61. The highest BCUT2D eigenvalue weighted by atomic mass is 32.2. The summed E-state index contributed by atoms with van der Waals surface area (Å²) in [6.45, 7) is 0. The Hall–Kier alpha value is -1.90. The SMILES string of the molecule is N#CC(=C=N)C(=O)C(F)(F)C(F)(F)C(F)(F)S(=O)(=O)O. The first-order valence-corrected chi connectivity index (χ1v) is 5.47. The summed E-state index contributed by atoms with van der Waals surface area (Å²) in [5, 5.41) is 7.55. The van der Waals surface area contributed by atoms with Crippen LogP contribution < -0.4 is 0 Å². The van der Waals surface area contributed by atoms with E-state index in [-0.39, 0.29) is 0 Å². The second kappa shape index (κ2) is 4.89. The molecule has 0 heterocycles. The number of carbonyl (C=O) groups excluding carboxylic acids is 1. The number of halogens is 6. The maximum atomic E-state index is 13.0. The molecule has 6 nitrogen and oxygen atoms in total. The summed E-state index contributed by atoms with van der Waals surface area (Å²) in [7, 11) is -6.99. The van der Waals surface area contributed by atoms with Crippen molar-refractivity contribution in [2.75, 3.05) is 0 Å². The van der Waals surface area contributed by atoms with Gasteiger partial charge in [-0.1, -0.05) is 0 Å². The predicted octanol–water partition coefficient (Wildman–Crippen LogP) is 1.01. The molecule has 2 N–H and O–H groups in total. The molecule has 0 spiro atoms. The molecule has 0 rings (SSSR count). The van der Waals surface area contributed by atoms with Crippen LogP contribution in [0.25, 0.3) is 0 Å². The first-order valence-electron chi connectivity index (χ1n) is 4.03. The van der Waals surface area contributed by atoms with Crippen LogP contribution in [0, 0.1) is 16.7 Å². The summed E-state index contributed by atoms with van der Waals surface area (Å²) >= 11 is 0. The Labute approximate surface area is 106 Å². The van der Waals surface area contributed by atoms with E-state index in [2.05, 4.69) is 0 Å². The molecule has 0 atom stereocenters. The van der Waals surface area contributed by atoms with Crippen LogP contribution in [0.4, 0.5) is 26.3 Å². The van der Waals surface area contributed by atoms with Gasteiger partial charge in [-0.2, -0.15) is 40.0 Å². The molecule has 0 aliphatic carbocycles. The van der Waals surface area contributed by atoms with Crippen LogP contribution in [-0.2, 0) is 14.9 Å². The van der Waals surface area contributed by atoms with Gasteiger partial charge in [-0.25, -0.2) is 0 Å². The van der Waals surface area contributed by atoms with Crippen molar-refractivity contribution in [2.45, 2.75) is 17.1 Å². The van der Waals surface area contributed by atoms with E-state index in [0.717, 1.165) is 0 Å². The highest BCUT2D eigenvalue weighted by Gasteiger charge is 2.80. The number of hydrogen-bond acceptors (Lipinski definition) is 5. The van der Waals surface area contributed by atoms with Gasteiger partial charge in [0.2, 0.25) is 0 Å². The number of allylic oxidation sites excluding steroid dienone is 1. The van der Waals surface area contributed by atoms with Gasteiger partial charge in [0.1, 0.15) is 6.07 Å². The van der Waals surface area contributed by atoms with E-state index in [1.54, 1.807) is 0 Å². The lowest BCUT2D eigenvalue weighted by molar-refractivity contribution is -0.267. The Morgan fingerprint density at radius 3 is 1.80 bits per heavy atom. The zero-order chi connectivity index (χ0) is 16.6. The second-order valence-corrected chi connectivity index (χ2v) is 4.54. The fourth-order valence-electron chi connectivity index (χ4n) is 0.780. The van der Waals surface area contributed by atoms with Crippen molar-refractivity contribution in [1.29, 1.82) is 10.7 Å². The maximum absolute atomic E-state index is 13.0. The Morgan fingerprint density at radius 2 is 1.55 bits per heavy atom. The number of nitriles is 1. The van der Waals surface area contributed by atoms with E-state index in [1.807, 2.05) is 0 Å². The summed E-state index contributed by atoms with van der Waals surface area (Å²) < 4.78 is 105. The highest BCUT2D eigenvalue weighted by molar-refractivity contribution is 7.87. The highest BCUT2D eigenvalue weighted by Crippen LogP contribution is 2.49. The van der Waals surface area contributed by atoms with Crippen LogP contribution in [0.1, 0.15) is 0 Å². The standard InChI is InChI=1S/C7H2F6N2O4S/c8-5(9,4(16)3(1-14)2-15)6(10,11)7(12,13)20(17,18)19/h14H,(H,17,18,19). The molecule has 0 aromatic heterocycles. The van der Waals surface area contributed by atoms with Gasteiger partial charge in [0, 0.05) is 5.87 Å². The van der Waals surface area contributed by atoms with E-state index in [9.17, 15) is 39.6 Å². The average Bonchev–Trinajstić information content (AvgIpc) is 2.28. The Morgan fingerprint density at radius 1 is 1.15 bits per heavy atom. The van der Waals surface area contributed by atoms with E-state index in [4.69, 9.17) is 15.2 Å². The summed E-state index contributed by atoms with van der Waals surface area (Å²) in [6.07, 6.45) is 0. The van der Waals surface area contributed by atoms with Crippen molar-refractivity contribution < 1.29 is 44.1 Å². The molecule has 0 aliphatic heterocycles. The minimum absolute atomic E-state index is 0.518. The van der Waals surface area contributed by atoms with Crippen molar-refractivity contribution in [1.82, 2.24) is 0 Å². The number of alkyl halides is 6. The molecule has 112 valence electrons. The van der Waals surface area contributed by atoms with Crippen molar-refractivity contribution in [3.63, 3.8) is 0 Å². The molecule has 0 aliphatic rings. The second-order valence-electron chi connectivity index (χ2n) is 3.08. The van der Waals surface area contributed by atoms with Crippen molar-refractivity contribution >= 4 is 21.8 Å². The Kier molecular flexibility index (Phi) is 4.43. The Bertz CT molecular complexity index is 628. The summed E-state index contributed by atoms with van der Waals surface area (Å²) in [4.78, 5) is 10.8. The molecule has 13 heteroatoms. The zero-order valence-electron chi connectivity index (χ0n) is 8.80. The topological polar surface area (TPSA) is 119 Å². The molecule has 0 saturated carbocycles.